The first kappa shape index (κ1) is 16.0. The van der Waals surface area contributed by atoms with Crippen molar-refractivity contribution >= 4 is 11.9 Å². The number of hydrogen-bond donors (Lipinski definition) is 1. The van der Waals surface area contributed by atoms with Gasteiger partial charge in [0.2, 0.25) is 0 Å². The second-order valence-electron chi connectivity index (χ2n) is 2.11. The first-order chi connectivity index (χ1) is 6.57. The Labute approximate surface area is 96.6 Å². The van der Waals surface area contributed by atoms with Crippen LogP contribution in [0.1, 0.15) is 10.4 Å². The Morgan fingerprint density at radius 1 is 1.40 bits per heavy atom. The summed E-state index contributed by atoms with van der Waals surface area (Å²) >= 11 is 0. The van der Waals surface area contributed by atoms with E-state index in [1.807, 2.05) is 0 Å². The predicted molar refractivity (Wildman–Crippen MR) is 42.6 cm³/mol. The number of aliphatic carboxylic acids is 1. The summed E-state index contributed by atoms with van der Waals surface area (Å²) in [4.78, 5) is 22.8. The van der Waals surface area contributed by atoms with Gasteiger partial charge in [-0.05, 0) is 6.07 Å². The topological polar surface area (TPSA) is 119 Å². The Morgan fingerprint density at radius 3 is 2.13 bits per heavy atom. The normalized spacial score (nSPS) is 7.80. The van der Waals surface area contributed by atoms with Crippen molar-refractivity contribution in [2.24, 2.45) is 5.73 Å². The maximum absolute atomic E-state index is 10.0. The Kier molecular flexibility index (Phi) is 9.76. The Morgan fingerprint density at radius 2 is 1.93 bits per heavy atom. The molecule has 0 amide bonds. The van der Waals surface area contributed by atoms with E-state index in [4.69, 9.17) is 9.90 Å². The molecule has 15 heavy (non-hydrogen) atoms. The molecule has 0 bridgehead atoms. The fourth-order valence-electron chi connectivity index (χ4n) is 0.484. The molecule has 7 heteroatoms. The number of pyridine rings is 1. The van der Waals surface area contributed by atoms with E-state index in [9.17, 15) is 9.90 Å². The molecule has 1 radical (unpaired) electrons. The molecule has 1 rings (SSSR count). The molecule has 0 saturated heterocycles. The van der Waals surface area contributed by atoms with E-state index in [0.29, 0.717) is 0 Å². The van der Waals surface area contributed by atoms with Gasteiger partial charge in [-0.15, -0.1) is 0 Å². The molecule has 0 saturated carbocycles. The zero-order valence-corrected chi connectivity index (χ0v) is 8.42. The third-order valence-electron chi connectivity index (χ3n) is 1.06. The summed E-state index contributed by atoms with van der Waals surface area (Å²) in [5.74, 6) is -2.41. The SMILES string of the molecule is NCC(=O)[O-].O=C([O-])c1cccnc1.[Cu+2]. The monoisotopic (exact) mass is 259 g/mol. The van der Waals surface area contributed by atoms with Crippen LogP contribution in [0.25, 0.3) is 0 Å². The molecule has 0 unspecified atom stereocenters. The molecule has 0 aromatic carbocycles. The van der Waals surface area contributed by atoms with Crippen molar-refractivity contribution in [1.82, 2.24) is 4.98 Å². The summed E-state index contributed by atoms with van der Waals surface area (Å²) < 4.78 is 0. The van der Waals surface area contributed by atoms with Gasteiger partial charge in [0.1, 0.15) is 0 Å². The second kappa shape index (κ2) is 9.14. The van der Waals surface area contributed by atoms with Gasteiger partial charge in [-0.3, -0.25) is 4.98 Å². The molecule has 1 aromatic rings. The largest absolute Gasteiger partial charge is 2.00 e. The molecule has 0 fully saturated rings. The van der Waals surface area contributed by atoms with E-state index >= 15 is 0 Å². The van der Waals surface area contributed by atoms with E-state index in [1.165, 1.54) is 18.5 Å². The Balaban J connectivity index is 0. The van der Waals surface area contributed by atoms with Crippen molar-refractivity contribution < 1.29 is 36.9 Å². The number of carbonyl (C=O) groups excluding carboxylic acids is 2. The molecule has 0 aliphatic rings. The van der Waals surface area contributed by atoms with E-state index in [2.05, 4.69) is 10.7 Å². The average molecular weight is 260 g/mol. The summed E-state index contributed by atoms with van der Waals surface area (Å²) in [6.45, 7) is -0.389. The Bertz CT molecular complexity index is 305. The summed E-state index contributed by atoms with van der Waals surface area (Å²) in [6.07, 6.45) is 2.75. The minimum atomic E-state index is -1.22. The third kappa shape index (κ3) is 8.89. The van der Waals surface area contributed by atoms with Crippen LogP contribution in [0.4, 0.5) is 0 Å². The molecule has 1 heterocycles. The first-order valence-corrected chi connectivity index (χ1v) is 3.59. The van der Waals surface area contributed by atoms with Gasteiger partial charge in [-0.25, -0.2) is 0 Å². The molecule has 85 valence electrons. The minimum Gasteiger partial charge on any atom is -0.549 e. The van der Waals surface area contributed by atoms with Gasteiger partial charge in [0.15, 0.2) is 0 Å². The molecular formula is C8H8CuN2O4. The zero-order chi connectivity index (χ0) is 11.0. The summed E-state index contributed by atoms with van der Waals surface area (Å²) in [7, 11) is 0. The van der Waals surface area contributed by atoms with Crippen LogP contribution in [0.3, 0.4) is 0 Å². The number of hydrogen-bond acceptors (Lipinski definition) is 6. The number of aromatic nitrogens is 1. The summed E-state index contributed by atoms with van der Waals surface area (Å²) in [6, 6.07) is 2.98. The van der Waals surface area contributed by atoms with Crippen LogP contribution in [0.15, 0.2) is 24.5 Å². The van der Waals surface area contributed by atoms with Crippen LogP contribution in [0.5, 0.6) is 0 Å². The fraction of sp³-hybridized carbons (Fsp3) is 0.125. The van der Waals surface area contributed by atoms with E-state index < -0.39 is 11.9 Å². The maximum Gasteiger partial charge on any atom is 2.00 e. The van der Waals surface area contributed by atoms with Crippen LogP contribution >= 0.6 is 0 Å². The summed E-state index contributed by atoms with van der Waals surface area (Å²) in [5, 5.41) is 19.2. The molecule has 0 spiro atoms. The van der Waals surface area contributed by atoms with Crippen LogP contribution in [0, 0.1) is 0 Å². The minimum absolute atomic E-state index is 0. The van der Waals surface area contributed by atoms with Crippen molar-refractivity contribution in [2.75, 3.05) is 6.54 Å². The van der Waals surface area contributed by atoms with Crippen LogP contribution in [-0.2, 0) is 21.9 Å². The van der Waals surface area contributed by atoms with Crippen molar-refractivity contribution in [3.63, 3.8) is 0 Å². The smallest absolute Gasteiger partial charge is 0.549 e. The molecule has 0 aliphatic heterocycles. The molecule has 2 N–H and O–H groups in total. The fourth-order valence-corrected chi connectivity index (χ4v) is 0.484. The maximum atomic E-state index is 10.0. The molecule has 0 atom stereocenters. The number of rotatable bonds is 2. The van der Waals surface area contributed by atoms with Crippen molar-refractivity contribution in [3.8, 4) is 0 Å². The molecule has 0 aliphatic carbocycles. The first-order valence-electron chi connectivity index (χ1n) is 3.59. The van der Waals surface area contributed by atoms with Crippen molar-refractivity contribution in [3.05, 3.63) is 30.1 Å². The van der Waals surface area contributed by atoms with Gasteiger partial charge in [0.05, 0.1) is 11.9 Å². The third-order valence-corrected chi connectivity index (χ3v) is 1.06. The van der Waals surface area contributed by atoms with Crippen LogP contribution in [-0.4, -0.2) is 23.5 Å². The van der Waals surface area contributed by atoms with Gasteiger partial charge in [0.25, 0.3) is 0 Å². The van der Waals surface area contributed by atoms with Gasteiger partial charge in [-0.1, -0.05) is 6.07 Å². The molecule has 1 aromatic heterocycles. The predicted octanol–water partition coefficient (Wildman–Crippen LogP) is -2.86. The molecule has 6 nitrogen and oxygen atoms in total. The molecular weight excluding hydrogens is 252 g/mol. The second-order valence-corrected chi connectivity index (χ2v) is 2.11. The number of carboxylic acids is 2. The van der Waals surface area contributed by atoms with Crippen LogP contribution in [0.2, 0.25) is 0 Å². The number of nitrogens with zero attached hydrogens (tertiary/aromatic N) is 1. The van der Waals surface area contributed by atoms with E-state index in [1.54, 1.807) is 6.07 Å². The van der Waals surface area contributed by atoms with Gasteiger partial charge in [0, 0.05) is 24.5 Å². The van der Waals surface area contributed by atoms with E-state index in [-0.39, 0.29) is 29.2 Å². The number of carbonyl (C=O) groups is 2. The van der Waals surface area contributed by atoms with E-state index in [0.717, 1.165) is 0 Å². The quantitative estimate of drug-likeness (QED) is 0.571. The number of aromatic carboxylic acids is 1. The average Bonchev–Trinajstić information content (AvgIpc) is 2.20. The van der Waals surface area contributed by atoms with Crippen molar-refractivity contribution in [1.29, 1.82) is 0 Å². The van der Waals surface area contributed by atoms with Gasteiger partial charge < -0.3 is 25.5 Å². The van der Waals surface area contributed by atoms with Gasteiger partial charge >= 0.3 is 17.1 Å². The van der Waals surface area contributed by atoms with Crippen molar-refractivity contribution in [2.45, 2.75) is 0 Å². The standard InChI is InChI=1S/C6H5NO2.C2H5NO2.Cu/c8-6(9)5-2-1-3-7-4-5;3-1-2(4)5;/h1-4H,(H,8,9);1,3H2,(H,4,5);/q;;+2/p-2. The van der Waals surface area contributed by atoms with Crippen LogP contribution < -0.4 is 15.9 Å². The number of carboxylic acid groups (broad SMARTS) is 2. The zero-order valence-electron chi connectivity index (χ0n) is 7.48. The van der Waals surface area contributed by atoms with Gasteiger partial charge in [-0.2, -0.15) is 0 Å². The summed E-state index contributed by atoms with van der Waals surface area (Å²) in [5.41, 5.74) is 4.62. The Hall–Kier alpha value is -1.43. The number of nitrogens with two attached hydrogens (primary N) is 1.